The Labute approximate surface area is 117 Å². The lowest BCUT2D eigenvalue weighted by atomic mass is 10.1. The SMILES string of the molecule is CCN(CC(C)/C(N)=N/O)c1nnc2ccccc2n1. The van der Waals surface area contributed by atoms with Crippen molar-refractivity contribution in [3.8, 4) is 0 Å². The number of para-hydroxylation sites is 1. The van der Waals surface area contributed by atoms with E-state index in [0.29, 0.717) is 19.0 Å². The van der Waals surface area contributed by atoms with Gasteiger partial charge in [0.05, 0.1) is 5.52 Å². The van der Waals surface area contributed by atoms with Crippen molar-refractivity contribution in [2.24, 2.45) is 16.8 Å². The summed E-state index contributed by atoms with van der Waals surface area (Å²) >= 11 is 0. The predicted octanol–water partition coefficient (Wildman–Crippen LogP) is 1.23. The number of oxime groups is 1. The van der Waals surface area contributed by atoms with Crippen molar-refractivity contribution in [3.05, 3.63) is 24.3 Å². The van der Waals surface area contributed by atoms with Crippen molar-refractivity contribution in [2.45, 2.75) is 13.8 Å². The Morgan fingerprint density at radius 1 is 1.35 bits per heavy atom. The molecule has 0 aliphatic carbocycles. The average molecular weight is 274 g/mol. The summed E-state index contributed by atoms with van der Waals surface area (Å²) in [5, 5.41) is 20.0. The minimum absolute atomic E-state index is 0.102. The summed E-state index contributed by atoms with van der Waals surface area (Å²) in [6.07, 6.45) is 0. The number of hydrogen-bond acceptors (Lipinski definition) is 6. The number of fused-ring (bicyclic) bond motifs is 1. The fourth-order valence-corrected chi connectivity index (χ4v) is 1.88. The van der Waals surface area contributed by atoms with Crippen LogP contribution in [0.25, 0.3) is 11.0 Å². The molecule has 0 saturated heterocycles. The van der Waals surface area contributed by atoms with E-state index >= 15 is 0 Å². The van der Waals surface area contributed by atoms with Crippen LogP contribution in [0.1, 0.15) is 13.8 Å². The molecule has 1 aromatic heterocycles. The Hall–Kier alpha value is -2.44. The highest BCUT2D eigenvalue weighted by atomic mass is 16.4. The summed E-state index contributed by atoms with van der Waals surface area (Å²) in [5.41, 5.74) is 7.16. The standard InChI is InChI=1S/C13H18N6O/c1-3-19(8-9(2)12(14)18-20)13-15-10-6-4-5-7-11(10)16-17-13/h4-7,9,20H,3,8H2,1-2H3,(H2,14,18). The fraction of sp³-hybridized carbons (Fsp3) is 0.385. The van der Waals surface area contributed by atoms with Crippen LogP contribution in [0.15, 0.2) is 29.4 Å². The molecule has 0 spiro atoms. The lowest BCUT2D eigenvalue weighted by molar-refractivity contribution is 0.314. The first-order valence-corrected chi connectivity index (χ1v) is 6.47. The maximum Gasteiger partial charge on any atom is 0.245 e. The van der Waals surface area contributed by atoms with Gasteiger partial charge in [0.2, 0.25) is 5.95 Å². The van der Waals surface area contributed by atoms with E-state index in [4.69, 9.17) is 10.9 Å². The third-order valence-corrected chi connectivity index (χ3v) is 3.13. The molecule has 0 bridgehead atoms. The van der Waals surface area contributed by atoms with E-state index in [-0.39, 0.29) is 11.8 Å². The molecule has 2 aromatic rings. The van der Waals surface area contributed by atoms with Gasteiger partial charge >= 0.3 is 0 Å². The lowest BCUT2D eigenvalue weighted by Gasteiger charge is -2.23. The molecule has 0 fully saturated rings. The molecule has 0 amide bonds. The van der Waals surface area contributed by atoms with Crippen LogP contribution in [0.4, 0.5) is 5.95 Å². The maximum atomic E-state index is 8.70. The normalized spacial score (nSPS) is 13.4. The van der Waals surface area contributed by atoms with Gasteiger partial charge < -0.3 is 15.8 Å². The van der Waals surface area contributed by atoms with Crippen molar-refractivity contribution in [1.82, 2.24) is 15.2 Å². The average Bonchev–Trinajstić information content (AvgIpc) is 2.51. The number of aromatic nitrogens is 3. The third kappa shape index (κ3) is 2.93. The molecule has 0 aliphatic rings. The Kier molecular flexibility index (Phi) is 4.29. The Morgan fingerprint density at radius 2 is 2.05 bits per heavy atom. The second-order valence-electron chi connectivity index (χ2n) is 4.57. The van der Waals surface area contributed by atoms with E-state index in [1.165, 1.54) is 0 Å². The molecule has 7 heteroatoms. The molecular formula is C13H18N6O. The second-order valence-corrected chi connectivity index (χ2v) is 4.57. The molecule has 2 rings (SSSR count). The Bertz CT molecular complexity index is 615. The molecule has 3 N–H and O–H groups in total. The zero-order chi connectivity index (χ0) is 14.5. The van der Waals surface area contributed by atoms with Crippen LogP contribution in [0.3, 0.4) is 0 Å². The molecule has 106 valence electrons. The van der Waals surface area contributed by atoms with Crippen molar-refractivity contribution in [3.63, 3.8) is 0 Å². The number of nitrogens with zero attached hydrogens (tertiary/aromatic N) is 5. The van der Waals surface area contributed by atoms with Crippen molar-refractivity contribution < 1.29 is 5.21 Å². The molecule has 1 unspecified atom stereocenters. The van der Waals surface area contributed by atoms with Gasteiger partial charge in [0.25, 0.3) is 0 Å². The molecular weight excluding hydrogens is 256 g/mol. The highest BCUT2D eigenvalue weighted by molar-refractivity contribution is 5.82. The first-order valence-electron chi connectivity index (χ1n) is 6.47. The first kappa shape index (κ1) is 14.0. The topological polar surface area (TPSA) is 101 Å². The zero-order valence-corrected chi connectivity index (χ0v) is 11.6. The molecule has 7 nitrogen and oxygen atoms in total. The van der Waals surface area contributed by atoms with Gasteiger partial charge in [-0.1, -0.05) is 24.2 Å². The van der Waals surface area contributed by atoms with Crippen LogP contribution < -0.4 is 10.6 Å². The quantitative estimate of drug-likeness (QED) is 0.368. The summed E-state index contributed by atoms with van der Waals surface area (Å²) in [4.78, 5) is 6.44. The molecule has 1 atom stereocenters. The molecule has 1 aromatic carbocycles. The monoisotopic (exact) mass is 274 g/mol. The van der Waals surface area contributed by atoms with E-state index < -0.39 is 0 Å². The van der Waals surface area contributed by atoms with Gasteiger partial charge in [-0.15, -0.1) is 10.2 Å². The highest BCUT2D eigenvalue weighted by Crippen LogP contribution is 2.13. The van der Waals surface area contributed by atoms with Gasteiger partial charge in [-0.2, -0.15) is 0 Å². The Morgan fingerprint density at radius 3 is 2.70 bits per heavy atom. The van der Waals surface area contributed by atoms with Gasteiger partial charge in [-0.25, -0.2) is 4.98 Å². The number of anilines is 1. The molecule has 0 saturated carbocycles. The van der Waals surface area contributed by atoms with Gasteiger partial charge in [0.15, 0.2) is 0 Å². The van der Waals surface area contributed by atoms with Crippen LogP contribution in [-0.2, 0) is 0 Å². The summed E-state index contributed by atoms with van der Waals surface area (Å²) in [5.74, 6) is 0.635. The smallest absolute Gasteiger partial charge is 0.245 e. The van der Waals surface area contributed by atoms with Crippen LogP contribution in [0.2, 0.25) is 0 Å². The highest BCUT2D eigenvalue weighted by Gasteiger charge is 2.16. The van der Waals surface area contributed by atoms with Gasteiger partial charge in [-0.05, 0) is 19.1 Å². The number of amidine groups is 1. The lowest BCUT2D eigenvalue weighted by Crippen LogP contribution is -2.36. The molecule has 0 aliphatic heterocycles. The summed E-state index contributed by atoms with van der Waals surface area (Å²) in [6.45, 7) is 5.15. The minimum Gasteiger partial charge on any atom is -0.409 e. The van der Waals surface area contributed by atoms with Crippen molar-refractivity contribution in [2.75, 3.05) is 18.0 Å². The number of nitrogens with two attached hydrogens (primary N) is 1. The van der Waals surface area contributed by atoms with Gasteiger partial charge in [-0.3, -0.25) is 0 Å². The molecule has 0 radical (unpaired) electrons. The Balaban J connectivity index is 2.25. The van der Waals surface area contributed by atoms with Crippen LogP contribution in [-0.4, -0.2) is 39.3 Å². The third-order valence-electron chi connectivity index (χ3n) is 3.13. The summed E-state index contributed by atoms with van der Waals surface area (Å²) in [7, 11) is 0. The predicted molar refractivity (Wildman–Crippen MR) is 77.8 cm³/mol. The summed E-state index contributed by atoms with van der Waals surface area (Å²) < 4.78 is 0. The largest absolute Gasteiger partial charge is 0.409 e. The zero-order valence-electron chi connectivity index (χ0n) is 11.6. The minimum atomic E-state index is -0.102. The molecule has 1 heterocycles. The van der Waals surface area contributed by atoms with Crippen molar-refractivity contribution >= 4 is 22.8 Å². The first-order chi connectivity index (χ1) is 9.65. The second kappa shape index (κ2) is 6.14. The van der Waals surface area contributed by atoms with Gasteiger partial charge in [0, 0.05) is 19.0 Å². The van der Waals surface area contributed by atoms with Crippen molar-refractivity contribution in [1.29, 1.82) is 0 Å². The van der Waals surface area contributed by atoms with Crippen LogP contribution >= 0.6 is 0 Å². The number of rotatable bonds is 5. The van der Waals surface area contributed by atoms with E-state index in [1.807, 2.05) is 43.0 Å². The van der Waals surface area contributed by atoms with E-state index in [9.17, 15) is 0 Å². The van der Waals surface area contributed by atoms with E-state index in [0.717, 1.165) is 11.0 Å². The fourth-order valence-electron chi connectivity index (χ4n) is 1.88. The van der Waals surface area contributed by atoms with E-state index in [2.05, 4.69) is 20.3 Å². The van der Waals surface area contributed by atoms with Gasteiger partial charge in [0.1, 0.15) is 11.4 Å². The molecule has 20 heavy (non-hydrogen) atoms. The number of benzene rings is 1. The number of hydrogen-bond donors (Lipinski definition) is 2. The van der Waals surface area contributed by atoms with Crippen LogP contribution in [0.5, 0.6) is 0 Å². The maximum absolute atomic E-state index is 8.70. The summed E-state index contributed by atoms with van der Waals surface area (Å²) in [6, 6.07) is 7.58. The van der Waals surface area contributed by atoms with E-state index in [1.54, 1.807) is 0 Å². The van der Waals surface area contributed by atoms with Crippen LogP contribution in [0, 0.1) is 5.92 Å².